The van der Waals surface area contributed by atoms with Gasteiger partial charge in [0.15, 0.2) is 0 Å². The molecule has 2 heterocycles. The fraction of sp³-hybridized carbons (Fsp3) is 0.474. The summed E-state index contributed by atoms with van der Waals surface area (Å²) in [5.74, 6) is 1.73. The van der Waals surface area contributed by atoms with E-state index in [1.807, 2.05) is 37.5 Å². The van der Waals surface area contributed by atoms with E-state index >= 15 is 0 Å². The van der Waals surface area contributed by atoms with Crippen molar-refractivity contribution in [3.8, 4) is 5.75 Å². The highest BCUT2D eigenvalue weighted by atomic mass is 16.5. The highest BCUT2D eigenvalue weighted by molar-refractivity contribution is 5.78. The average molecular weight is 358 g/mol. The summed E-state index contributed by atoms with van der Waals surface area (Å²) in [6, 6.07) is 7.83. The van der Waals surface area contributed by atoms with E-state index in [9.17, 15) is 4.79 Å². The van der Waals surface area contributed by atoms with Gasteiger partial charge >= 0.3 is 0 Å². The summed E-state index contributed by atoms with van der Waals surface area (Å²) in [5.41, 5.74) is 0.990. The fourth-order valence-electron chi connectivity index (χ4n) is 3.42. The molecule has 1 aromatic heterocycles. The SMILES string of the molecule is COc1ccccc1CN(C)C(=O)CN1C[C@H](OC)CC1c1ncc[nH]1. The molecule has 2 atom stereocenters. The van der Waals surface area contributed by atoms with Crippen molar-refractivity contribution in [1.29, 1.82) is 0 Å². The lowest BCUT2D eigenvalue weighted by atomic mass is 10.2. The predicted molar refractivity (Wildman–Crippen MR) is 97.8 cm³/mol. The van der Waals surface area contributed by atoms with Crippen LogP contribution in [0.4, 0.5) is 0 Å². The second-order valence-electron chi connectivity index (χ2n) is 6.57. The summed E-state index contributed by atoms with van der Waals surface area (Å²) in [6.07, 6.45) is 4.48. The van der Waals surface area contributed by atoms with Gasteiger partial charge in [-0.05, 0) is 12.5 Å². The first-order valence-electron chi connectivity index (χ1n) is 8.74. The van der Waals surface area contributed by atoms with E-state index in [-0.39, 0.29) is 18.1 Å². The van der Waals surface area contributed by atoms with Crippen molar-refractivity contribution in [2.75, 3.05) is 34.4 Å². The van der Waals surface area contributed by atoms with Crippen LogP contribution in [0.15, 0.2) is 36.7 Å². The predicted octanol–water partition coefficient (Wildman–Crippen LogP) is 1.84. The number of aromatic amines is 1. The minimum absolute atomic E-state index is 0.0595. The normalized spacial score (nSPS) is 20.3. The molecule has 7 nitrogen and oxygen atoms in total. The topological polar surface area (TPSA) is 70.7 Å². The van der Waals surface area contributed by atoms with Gasteiger partial charge in [0.25, 0.3) is 0 Å². The third kappa shape index (κ3) is 4.05. The molecule has 0 spiro atoms. The van der Waals surface area contributed by atoms with Gasteiger partial charge < -0.3 is 19.4 Å². The molecule has 1 aromatic carbocycles. The Morgan fingerprint density at radius 3 is 2.88 bits per heavy atom. The molecule has 0 bridgehead atoms. The molecule has 1 unspecified atom stereocenters. The molecule has 1 amide bonds. The van der Waals surface area contributed by atoms with Crippen molar-refractivity contribution in [2.24, 2.45) is 0 Å². The van der Waals surface area contributed by atoms with Gasteiger partial charge in [-0.25, -0.2) is 4.98 Å². The lowest BCUT2D eigenvalue weighted by Crippen LogP contribution is -2.38. The monoisotopic (exact) mass is 358 g/mol. The second-order valence-corrected chi connectivity index (χ2v) is 6.57. The number of hydrogen-bond donors (Lipinski definition) is 1. The summed E-state index contributed by atoms with van der Waals surface area (Å²) in [6.45, 7) is 1.56. The Kier molecular flexibility index (Phi) is 5.90. The van der Waals surface area contributed by atoms with Crippen LogP contribution >= 0.6 is 0 Å². The zero-order chi connectivity index (χ0) is 18.5. The van der Waals surface area contributed by atoms with Crippen molar-refractivity contribution in [3.63, 3.8) is 0 Å². The first-order chi connectivity index (χ1) is 12.6. The average Bonchev–Trinajstić information content (AvgIpc) is 3.31. The number of methoxy groups -OCH3 is 2. The molecule has 0 saturated carbocycles. The highest BCUT2D eigenvalue weighted by Gasteiger charge is 2.36. The van der Waals surface area contributed by atoms with E-state index in [1.165, 1.54) is 0 Å². The molecule has 0 radical (unpaired) electrons. The number of para-hydroxylation sites is 1. The van der Waals surface area contributed by atoms with Crippen LogP contribution in [0.2, 0.25) is 0 Å². The number of likely N-dealkylation sites (N-methyl/N-ethyl adjacent to an activating group) is 1. The first kappa shape index (κ1) is 18.4. The molecule has 1 saturated heterocycles. The van der Waals surface area contributed by atoms with Crippen molar-refractivity contribution in [1.82, 2.24) is 19.8 Å². The number of amides is 1. The van der Waals surface area contributed by atoms with Gasteiger partial charge in [0.2, 0.25) is 5.91 Å². The molecule has 26 heavy (non-hydrogen) atoms. The van der Waals surface area contributed by atoms with Crippen LogP contribution in [0.25, 0.3) is 0 Å². The smallest absolute Gasteiger partial charge is 0.236 e. The van der Waals surface area contributed by atoms with Crippen LogP contribution in [-0.2, 0) is 16.1 Å². The number of imidazole rings is 1. The Morgan fingerprint density at radius 1 is 1.38 bits per heavy atom. The summed E-state index contributed by atoms with van der Waals surface area (Å²) in [5, 5.41) is 0. The number of nitrogens with one attached hydrogen (secondary N) is 1. The molecule has 1 aliphatic rings. The fourth-order valence-corrected chi connectivity index (χ4v) is 3.42. The van der Waals surface area contributed by atoms with Gasteiger partial charge in [0.1, 0.15) is 11.6 Å². The molecule has 1 fully saturated rings. The molecule has 140 valence electrons. The third-order valence-electron chi connectivity index (χ3n) is 4.90. The van der Waals surface area contributed by atoms with Gasteiger partial charge in [0.05, 0.1) is 25.8 Å². The quantitative estimate of drug-likeness (QED) is 0.818. The first-order valence-corrected chi connectivity index (χ1v) is 8.74. The van der Waals surface area contributed by atoms with Gasteiger partial charge in [0, 0.05) is 45.2 Å². The number of H-pyrrole nitrogens is 1. The molecular formula is C19H26N4O3. The number of aromatic nitrogens is 2. The molecule has 0 aliphatic carbocycles. The summed E-state index contributed by atoms with van der Waals surface area (Å²) >= 11 is 0. The van der Waals surface area contributed by atoms with Crippen molar-refractivity contribution < 1.29 is 14.3 Å². The van der Waals surface area contributed by atoms with Gasteiger partial charge in [-0.3, -0.25) is 9.69 Å². The number of benzene rings is 1. The van der Waals surface area contributed by atoms with E-state index in [0.29, 0.717) is 13.1 Å². The molecule has 3 rings (SSSR count). The van der Waals surface area contributed by atoms with Gasteiger partial charge in [-0.15, -0.1) is 0 Å². The number of carbonyl (C=O) groups excluding carboxylic acids is 1. The van der Waals surface area contributed by atoms with Gasteiger partial charge in [-0.2, -0.15) is 0 Å². The minimum Gasteiger partial charge on any atom is -0.496 e. The van der Waals surface area contributed by atoms with Crippen molar-refractivity contribution in [3.05, 3.63) is 48.0 Å². The van der Waals surface area contributed by atoms with Crippen LogP contribution in [-0.4, -0.2) is 66.1 Å². The zero-order valence-electron chi connectivity index (χ0n) is 15.5. The van der Waals surface area contributed by atoms with Crippen LogP contribution in [0.5, 0.6) is 5.75 Å². The van der Waals surface area contributed by atoms with E-state index in [0.717, 1.165) is 30.1 Å². The Morgan fingerprint density at radius 2 is 2.19 bits per heavy atom. The number of likely N-dealkylation sites (tertiary alicyclic amines) is 1. The van der Waals surface area contributed by atoms with E-state index in [1.54, 1.807) is 25.3 Å². The van der Waals surface area contributed by atoms with E-state index in [2.05, 4.69) is 14.9 Å². The molecular weight excluding hydrogens is 332 g/mol. The number of hydrogen-bond acceptors (Lipinski definition) is 5. The van der Waals surface area contributed by atoms with Crippen LogP contribution in [0.1, 0.15) is 23.9 Å². The molecule has 1 N–H and O–H groups in total. The maximum atomic E-state index is 12.8. The third-order valence-corrected chi connectivity index (χ3v) is 4.90. The zero-order valence-corrected chi connectivity index (χ0v) is 15.5. The lowest BCUT2D eigenvalue weighted by Gasteiger charge is -2.25. The Bertz CT molecular complexity index is 719. The highest BCUT2D eigenvalue weighted by Crippen LogP contribution is 2.31. The van der Waals surface area contributed by atoms with Gasteiger partial charge in [-0.1, -0.05) is 18.2 Å². The standard InChI is InChI=1S/C19H26N4O3/c1-22(11-14-6-4-5-7-17(14)26-3)18(24)13-23-12-15(25-2)10-16(23)19-20-8-9-21-19/h4-9,15-16H,10-13H2,1-3H3,(H,20,21)/t15-,16?/m1/s1. The van der Waals surface area contributed by atoms with E-state index < -0.39 is 0 Å². The van der Waals surface area contributed by atoms with Crippen LogP contribution in [0, 0.1) is 0 Å². The summed E-state index contributed by atoms with van der Waals surface area (Å²) < 4.78 is 10.9. The second kappa shape index (κ2) is 8.33. The molecule has 1 aliphatic heterocycles. The summed E-state index contributed by atoms with van der Waals surface area (Å²) in [4.78, 5) is 24.2. The molecule has 7 heteroatoms. The lowest BCUT2D eigenvalue weighted by molar-refractivity contribution is -0.132. The Balaban J connectivity index is 1.65. The van der Waals surface area contributed by atoms with Crippen molar-refractivity contribution in [2.45, 2.75) is 25.1 Å². The van der Waals surface area contributed by atoms with Crippen molar-refractivity contribution >= 4 is 5.91 Å². The number of carbonyl (C=O) groups is 1. The van der Waals surface area contributed by atoms with E-state index in [4.69, 9.17) is 9.47 Å². The number of nitrogens with zero attached hydrogens (tertiary/aromatic N) is 3. The number of ether oxygens (including phenoxy) is 2. The largest absolute Gasteiger partial charge is 0.496 e. The maximum absolute atomic E-state index is 12.8. The molecule has 2 aromatic rings. The number of rotatable bonds is 7. The Hall–Kier alpha value is -2.38. The summed E-state index contributed by atoms with van der Waals surface area (Å²) in [7, 11) is 5.17. The minimum atomic E-state index is 0.0595. The Labute approximate surface area is 153 Å². The van der Waals surface area contributed by atoms with Crippen LogP contribution < -0.4 is 4.74 Å². The maximum Gasteiger partial charge on any atom is 0.236 e. The van der Waals surface area contributed by atoms with Crippen LogP contribution in [0.3, 0.4) is 0 Å².